The summed E-state index contributed by atoms with van der Waals surface area (Å²) in [6.07, 6.45) is 1.66. The van der Waals surface area contributed by atoms with Crippen LogP contribution in [0.1, 0.15) is 5.56 Å². The minimum atomic E-state index is -1.43. The second kappa shape index (κ2) is 4.12. The van der Waals surface area contributed by atoms with Gasteiger partial charge >= 0.3 is 7.12 Å². The van der Waals surface area contributed by atoms with Gasteiger partial charge in [-0.05, 0) is 17.1 Å². The summed E-state index contributed by atoms with van der Waals surface area (Å²) in [7, 11) is 0.377. The summed E-state index contributed by atoms with van der Waals surface area (Å²) in [5.74, 6) is 0. The highest BCUT2D eigenvalue weighted by Gasteiger charge is 2.11. The van der Waals surface area contributed by atoms with Crippen LogP contribution in [0.4, 0.5) is 5.69 Å². The van der Waals surface area contributed by atoms with Crippen molar-refractivity contribution in [3.8, 4) is 0 Å². The highest BCUT2D eigenvalue weighted by molar-refractivity contribution is 6.58. The maximum absolute atomic E-state index is 8.91. The van der Waals surface area contributed by atoms with Gasteiger partial charge in [0.15, 0.2) is 0 Å². The van der Waals surface area contributed by atoms with Crippen LogP contribution in [0.2, 0.25) is 0 Å². The van der Waals surface area contributed by atoms with Crippen molar-refractivity contribution in [2.24, 2.45) is 0 Å². The van der Waals surface area contributed by atoms with Crippen molar-refractivity contribution in [2.75, 3.05) is 12.4 Å². The van der Waals surface area contributed by atoms with Crippen LogP contribution in [-0.2, 0) is 0 Å². The largest absolute Gasteiger partial charge is 0.488 e. The van der Waals surface area contributed by atoms with Crippen molar-refractivity contribution in [1.29, 1.82) is 0 Å². The van der Waals surface area contributed by atoms with E-state index in [0.29, 0.717) is 5.46 Å². The lowest BCUT2D eigenvalue weighted by Gasteiger charge is -2.07. The van der Waals surface area contributed by atoms with Gasteiger partial charge in [0.1, 0.15) is 0 Å². The van der Waals surface area contributed by atoms with Crippen LogP contribution in [0.5, 0.6) is 0 Å². The Morgan fingerprint density at radius 2 is 2.15 bits per heavy atom. The standard InChI is InChI=1S/C9H12BNO2/c1-3-7-6-8(10(12)13)4-5-9(7)11-2/h3-6,11-13H,1H2,2H3. The minimum Gasteiger partial charge on any atom is -0.423 e. The maximum Gasteiger partial charge on any atom is 0.488 e. The van der Waals surface area contributed by atoms with Gasteiger partial charge in [0, 0.05) is 12.7 Å². The van der Waals surface area contributed by atoms with Crippen LogP contribution < -0.4 is 10.8 Å². The van der Waals surface area contributed by atoms with Gasteiger partial charge in [-0.2, -0.15) is 0 Å². The van der Waals surface area contributed by atoms with Gasteiger partial charge in [-0.1, -0.05) is 24.8 Å². The first-order chi connectivity index (χ1) is 6.19. The van der Waals surface area contributed by atoms with Gasteiger partial charge < -0.3 is 15.4 Å². The molecule has 0 saturated carbocycles. The molecule has 1 aromatic rings. The van der Waals surface area contributed by atoms with Crippen LogP contribution in [0.15, 0.2) is 24.8 Å². The number of hydrogen-bond donors (Lipinski definition) is 3. The molecule has 0 aromatic heterocycles. The van der Waals surface area contributed by atoms with E-state index in [1.165, 1.54) is 0 Å². The normalized spacial score (nSPS) is 9.46. The van der Waals surface area contributed by atoms with Crippen molar-refractivity contribution >= 4 is 24.3 Å². The Hall–Kier alpha value is -1.26. The average molecular weight is 177 g/mol. The van der Waals surface area contributed by atoms with Gasteiger partial charge in [-0.25, -0.2) is 0 Å². The molecule has 0 spiro atoms. The van der Waals surface area contributed by atoms with E-state index in [1.807, 2.05) is 0 Å². The molecule has 0 heterocycles. The fraction of sp³-hybridized carbons (Fsp3) is 0.111. The van der Waals surface area contributed by atoms with Crippen molar-refractivity contribution in [1.82, 2.24) is 0 Å². The molecule has 3 N–H and O–H groups in total. The summed E-state index contributed by atoms with van der Waals surface area (Å²) in [4.78, 5) is 0. The molecule has 3 nitrogen and oxygen atoms in total. The molecule has 4 heteroatoms. The van der Waals surface area contributed by atoms with Gasteiger partial charge in [0.05, 0.1) is 0 Å². The van der Waals surface area contributed by atoms with E-state index in [0.717, 1.165) is 11.3 Å². The Morgan fingerprint density at radius 3 is 2.62 bits per heavy atom. The maximum atomic E-state index is 8.91. The first-order valence-corrected chi connectivity index (χ1v) is 3.99. The molecule has 0 radical (unpaired) electrons. The number of benzene rings is 1. The molecule has 0 saturated heterocycles. The smallest absolute Gasteiger partial charge is 0.423 e. The molecule has 0 fully saturated rings. The first kappa shape index (κ1) is 9.83. The zero-order valence-corrected chi connectivity index (χ0v) is 7.49. The molecule has 0 aliphatic rings. The third kappa shape index (κ3) is 2.11. The van der Waals surface area contributed by atoms with E-state index in [9.17, 15) is 0 Å². The topological polar surface area (TPSA) is 52.5 Å². The second-order valence-electron chi connectivity index (χ2n) is 2.67. The lowest BCUT2D eigenvalue weighted by atomic mass is 9.79. The van der Waals surface area contributed by atoms with Gasteiger partial charge in [0.25, 0.3) is 0 Å². The lowest BCUT2D eigenvalue weighted by Crippen LogP contribution is -2.29. The lowest BCUT2D eigenvalue weighted by molar-refractivity contribution is 0.426. The molecule has 0 aliphatic carbocycles. The third-order valence-electron chi connectivity index (χ3n) is 1.86. The van der Waals surface area contributed by atoms with Crippen LogP contribution in [0.25, 0.3) is 6.08 Å². The zero-order chi connectivity index (χ0) is 9.84. The van der Waals surface area contributed by atoms with Crippen LogP contribution >= 0.6 is 0 Å². The zero-order valence-electron chi connectivity index (χ0n) is 7.49. The van der Waals surface area contributed by atoms with Crippen molar-refractivity contribution in [3.05, 3.63) is 30.3 Å². The van der Waals surface area contributed by atoms with Gasteiger partial charge in [-0.15, -0.1) is 0 Å². The van der Waals surface area contributed by atoms with E-state index in [1.54, 1.807) is 31.3 Å². The number of hydrogen-bond acceptors (Lipinski definition) is 3. The molecule has 1 aromatic carbocycles. The number of anilines is 1. The Morgan fingerprint density at radius 1 is 1.46 bits per heavy atom. The van der Waals surface area contributed by atoms with Crippen molar-refractivity contribution in [2.45, 2.75) is 0 Å². The molecule has 0 amide bonds. The minimum absolute atomic E-state index is 0.467. The average Bonchev–Trinajstić information content (AvgIpc) is 2.16. The summed E-state index contributed by atoms with van der Waals surface area (Å²) in [5, 5.41) is 20.8. The first-order valence-electron chi connectivity index (χ1n) is 3.99. The van der Waals surface area contributed by atoms with E-state index in [-0.39, 0.29) is 0 Å². The van der Waals surface area contributed by atoms with Crippen LogP contribution in [-0.4, -0.2) is 24.2 Å². The molecule has 0 atom stereocenters. The summed E-state index contributed by atoms with van der Waals surface area (Å²) in [6, 6.07) is 5.12. The quantitative estimate of drug-likeness (QED) is 0.572. The molecule has 1 rings (SSSR count). The van der Waals surface area contributed by atoms with E-state index in [2.05, 4.69) is 11.9 Å². The predicted octanol–water partition coefficient (Wildman–Crippen LogP) is 0.0511. The van der Waals surface area contributed by atoms with E-state index < -0.39 is 7.12 Å². The van der Waals surface area contributed by atoms with Crippen molar-refractivity contribution < 1.29 is 10.0 Å². The predicted molar refractivity (Wildman–Crippen MR) is 55.9 cm³/mol. The van der Waals surface area contributed by atoms with E-state index >= 15 is 0 Å². The molecule has 0 unspecified atom stereocenters. The molecule has 0 aliphatic heterocycles. The Kier molecular flexibility index (Phi) is 3.11. The van der Waals surface area contributed by atoms with Crippen LogP contribution in [0, 0.1) is 0 Å². The third-order valence-corrected chi connectivity index (χ3v) is 1.86. The van der Waals surface area contributed by atoms with Crippen LogP contribution in [0.3, 0.4) is 0 Å². The summed E-state index contributed by atoms with van der Waals surface area (Å²) < 4.78 is 0. The van der Waals surface area contributed by atoms with E-state index in [4.69, 9.17) is 10.0 Å². The summed E-state index contributed by atoms with van der Waals surface area (Å²) in [6.45, 7) is 3.64. The number of nitrogens with one attached hydrogen (secondary N) is 1. The Balaban J connectivity index is 3.13. The van der Waals surface area contributed by atoms with Gasteiger partial charge in [0.2, 0.25) is 0 Å². The fourth-order valence-electron chi connectivity index (χ4n) is 1.14. The number of rotatable bonds is 3. The molecule has 0 bridgehead atoms. The Bertz CT molecular complexity index is 312. The molecular weight excluding hydrogens is 165 g/mol. The fourth-order valence-corrected chi connectivity index (χ4v) is 1.14. The highest BCUT2D eigenvalue weighted by atomic mass is 16.4. The summed E-state index contributed by atoms with van der Waals surface area (Å²) in [5.41, 5.74) is 2.24. The second-order valence-corrected chi connectivity index (χ2v) is 2.67. The molecule has 68 valence electrons. The molecule has 13 heavy (non-hydrogen) atoms. The summed E-state index contributed by atoms with van der Waals surface area (Å²) >= 11 is 0. The Labute approximate surface area is 77.9 Å². The van der Waals surface area contributed by atoms with Gasteiger partial charge in [-0.3, -0.25) is 0 Å². The highest BCUT2D eigenvalue weighted by Crippen LogP contribution is 2.13. The molecular formula is C9H12BNO2. The van der Waals surface area contributed by atoms with Crippen molar-refractivity contribution in [3.63, 3.8) is 0 Å². The monoisotopic (exact) mass is 177 g/mol. The SMILES string of the molecule is C=Cc1cc(B(O)O)ccc1NC.